The van der Waals surface area contributed by atoms with Crippen LogP contribution in [0.25, 0.3) is 10.9 Å². The predicted octanol–water partition coefficient (Wildman–Crippen LogP) is 4.15. The number of methoxy groups -OCH3 is 1. The minimum absolute atomic E-state index is 0.0954. The zero-order chi connectivity index (χ0) is 22.9. The molecule has 32 heavy (non-hydrogen) atoms. The Morgan fingerprint density at radius 2 is 1.91 bits per heavy atom. The smallest absolute Gasteiger partial charge is 0.253 e. The lowest BCUT2D eigenvalue weighted by atomic mass is 10.1. The van der Waals surface area contributed by atoms with Gasteiger partial charge in [0.25, 0.3) is 5.56 Å². The van der Waals surface area contributed by atoms with E-state index in [2.05, 4.69) is 10.3 Å². The van der Waals surface area contributed by atoms with Crippen molar-refractivity contribution in [2.75, 3.05) is 26.9 Å². The summed E-state index contributed by atoms with van der Waals surface area (Å²) in [6.45, 7) is 7.09. The Hall–Kier alpha value is -2.90. The highest BCUT2D eigenvalue weighted by atomic mass is 32.1. The highest BCUT2D eigenvalue weighted by Crippen LogP contribution is 2.17. The van der Waals surface area contributed by atoms with Crippen LogP contribution in [0.5, 0.6) is 5.75 Å². The normalized spacial score (nSPS) is 10.8. The molecule has 0 aliphatic heterocycles. The van der Waals surface area contributed by atoms with E-state index in [-0.39, 0.29) is 5.56 Å². The van der Waals surface area contributed by atoms with Gasteiger partial charge in [0, 0.05) is 37.4 Å². The van der Waals surface area contributed by atoms with Gasteiger partial charge in [0.1, 0.15) is 5.75 Å². The first kappa shape index (κ1) is 23.8. The predicted molar refractivity (Wildman–Crippen MR) is 133 cm³/mol. The first-order valence-electron chi connectivity index (χ1n) is 10.9. The number of benzene rings is 2. The number of fused-ring (bicyclic) bond motifs is 1. The zero-order valence-corrected chi connectivity index (χ0v) is 19.8. The van der Waals surface area contributed by atoms with Gasteiger partial charge in [-0.3, -0.25) is 4.79 Å². The third-order valence-electron chi connectivity index (χ3n) is 5.21. The summed E-state index contributed by atoms with van der Waals surface area (Å²) < 4.78 is 10.7. The Bertz CT molecular complexity index is 1100. The van der Waals surface area contributed by atoms with E-state index in [1.807, 2.05) is 67.3 Å². The van der Waals surface area contributed by atoms with E-state index in [4.69, 9.17) is 21.7 Å². The van der Waals surface area contributed by atoms with E-state index >= 15 is 0 Å². The number of hydrogen-bond donors (Lipinski definition) is 2. The lowest BCUT2D eigenvalue weighted by molar-refractivity contribution is 0.145. The largest absolute Gasteiger partial charge is 0.497 e. The maximum absolute atomic E-state index is 12.8. The number of thiocarbonyl (C=S) groups is 1. The number of hydrogen-bond acceptors (Lipinski definition) is 4. The van der Waals surface area contributed by atoms with Crippen molar-refractivity contribution in [2.24, 2.45) is 0 Å². The van der Waals surface area contributed by atoms with Crippen molar-refractivity contribution < 1.29 is 9.47 Å². The summed E-state index contributed by atoms with van der Waals surface area (Å²) in [6, 6.07) is 15.9. The van der Waals surface area contributed by atoms with Crippen LogP contribution in [-0.2, 0) is 17.8 Å². The molecule has 0 saturated heterocycles. The fourth-order valence-corrected chi connectivity index (χ4v) is 3.69. The summed E-state index contributed by atoms with van der Waals surface area (Å²) in [5.74, 6) is 0.804. The van der Waals surface area contributed by atoms with Crippen LogP contribution in [0, 0.1) is 6.92 Å². The Balaban J connectivity index is 1.79. The number of pyridine rings is 1. The van der Waals surface area contributed by atoms with Gasteiger partial charge in [-0.1, -0.05) is 24.3 Å². The molecule has 3 aromatic rings. The fourth-order valence-electron chi connectivity index (χ4n) is 3.46. The van der Waals surface area contributed by atoms with Crippen LogP contribution in [0.4, 0.5) is 0 Å². The molecule has 7 heteroatoms. The van der Waals surface area contributed by atoms with E-state index in [0.29, 0.717) is 43.5 Å². The van der Waals surface area contributed by atoms with Crippen LogP contribution < -0.4 is 15.6 Å². The lowest BCUT2D eigenvalue weighted by Crippen LogP contribution is -2.40. The van der Waals surface area contributed by atoms with Crippen molar-refractivity contribution >= 4 is 28.2 Å². The molecule has 0 aliphatic rings. The number of H-pyrrole nitrogens is 1. The zero-order valence-electron chi connectivity index (χ0n) is 18.9. The van der Waals surface area contributed by atoms with Crippen LogP contribution in [0.3, 0.4) is 0 Å². The minimum atomic E-state index is -0.0954. The SMILES string of the molecule is CCOCCCNC(=S)N(Cc1ccc(OC)cc1)Cc1cc2ccc(C)cc2[nH]c1=O. The maximum Gasteiger partial charge on any atom is 0.253 e. The van der Waals surface area contributed by atoms with Crippen molar-refractivity contribution in [3.8, 4) is 5.75 Å². The fraction of sp³-hybridized carbons (Fsp3) is 0.360. The van der Waals surface area contributed by atoms with Gasteiger partial charge < -0.3 is 24.7 Å². The standard InChI is InChI=1S/C25H31N3O3S/c1-4-31-13-5-12-26-25(32)28(16-19-7-10-22(30-3)11-8-19)17-21-15-20-9-6-18(2)14-23(20)27-24(21)29/h6-11,14-15H,4-5,12-13,16-17H2,1-3H3,(H,26,32)(H,27,29). The molecule has 170 valence electrons. The molecular formula is C25H31N3O3S. The number of nitrogens with zero attached hydrogens (tertiary/aromatic N) is 1. The van der Waals surface area contributed by atoms with E-state index in [9.17, 15) is 4.79 Å². The minimum Gasteiger partial charge on any atom is -0.497 e. The molecule has 1 heterocycles. The third kappa shape index (κ3) is 6.55. The van der Waals surface area contributed by atoms with Crippen LogP contribution in [0.2, 0.25) is 0 Å². The average molecular weight is 454 g/mol. The summed E-state index contributed by atoms with van der Waals surface area (Å²) in [6.07, 6.45) is 0.861. The van der Waals surface area contributed by atoms with Crippen molar-refractivity contribution in [1.29, 1.82) is 0 Å². The molecule has 0 spiro atoms. The van der Waals surface area contributed by atoms with Gasteiger partial charge in [0.2, 0.25) is 0 Å². The van der Waals surface area contributed by atoms with Gasteiger partial charge >= 0.3 is 0 Å². The molecule has 0 saturated carbocycles. The quantitative estimate of drug-likeness (QED) is 0.355. The van der Waals surface area contributed by atoms with Crippen molar-refractivity contribution in [1.82, 2.24) is 15.2 Å². The summed E-state index contributed by atoms with van der Waals surface area (Å²) >= 11 is 5.69. The van der Waals surface area contributed by atoms with E-state index in [1.165, 1.54) is 0 Å². The van der Waals surface area contributed by atoms with Gasteiger partial charge in [-0.05, 0) is 73.3 Å². The highest BCUT2D eigenvalue weighted by Gasteiger charge is 2.14. The molecule has 1 aromatic heterocycles. The number of nitrogens with one attached hydrogen (secondary N) is 2. The highest BCUT2D eigenvalue weighted by molar-refractivity contribution is 7.80. The summed E-state index contributed by atoms with van der Waals surface area (Å²) in [7, 11) is 1.65. The summed E-state index contributed by atoms with van der Waals surface area (Å²) in [5, 5.41) is 4.93. The van der Waals surface area contributed by atoms with Gasteiger partial charge in [0.05, 0.1) is 13.7 Å². The topological polar surface area (TPSA) is 66.6 Å². The Labute approximate surface area is 194 Å². The molecule has 2 aromatic carbocycles. The number of aromatic nitrogens is 1. The van der Waals surface area contributed by atoms with Gasteiger partial charge in [-0.2, -0.15) is 0 Å². The Kier molecular flexibility index (Phi) is 8.64. The molecule has 2 N–H and O–H groups in total. The van der Waals surface area contributed by atoms with Gasteiger partial charge in [-0.25, -0.2) is 0 Å². The molecule has 0 unspecified atom stereocenters. The van der Waals surface area contributed by atoms with Crippen molar-refractivity contribution in [3.63, 3.8) is 0 Å². The summed E-state index contributed by atoms with van der Waals surface area (Å²) in [5.41, 5.74) is 3.61. The molecule has 0 fully saturated rings. The van der Waals surface area contributed by atoms with Crippen molar-refractivity contribution in [3.05, 3.63) is 75.6 Å². The second-order valence-electron chi connectivity index (χ2n) is 7.70. The third-order valence-corrected chi connectivity index (χ3v) is 5.61. The van der Waals surface area contributed by atoms with Crippen LogP contribution in [0.1, 0.15) is 30.0 Å². The van der Waals surface area contributed by atoms with E-state index < -0.39 is 0 Å². The number of rotatable bonds is 10. The van der Waals surface area contributed by atoms with Gasteiger partial charge in [-0.15, -0.1) is 0 Å². The molecule has 0 radical (unpaired) electrons. The summed E-state index contributed by atoms with van der Waals surface area (Å²) in [4.78, 5) is 17.8. The second-order valence-corrected chi connectivity index (χ2v) is 8.09. The molecule has 0 amide bonds. The van der Waals surface area contributed by atoms with Crippen LogP contribution in [0.15, 0.2) is 53.3 Å². The average Bonchev–Trinajstić information content (AvgIpc) is 2.79. The second kappa shape index (κ2) is 11.6. The van der Waals surface area contributed by atoms with Gasteiger partial charge in [0.15, 0.2) is 5.11 Å². The first-order valence-corrected chi connectivity index (χ1v) is 11.3. The molecule has 6 nitrogen and oxygen atoms in total. The number of aryl methyl sites for hydroxylation is 1. The van der Waals surface area contributed by atoms with Crippen LogP contribution in [-0.4, -0.2) is 41.9 Å². The maximum atomic E-state index is 12.8. The molecule has 0 bridgehead atoms. The Morgan fingerprint density at radius 3 is 2.62 bits per heavy atom. The monoisotopic (exact) mass is 453 g/mol. The molecular weight excluding hydrogens is 422 g/mol. The molecule has 0 aliphatic carbocycles. The number of aromatic amines is 1. The first-order chi connectivity index (χ1) is 15.5. The van der Waals surface area contributed by atoms with Crippen LogP contribution >= 0.6 is 12.2 Å². The van der Waals surface area contributed by atoms with Crippen molar-refractivity contribution in [2.45, 2.75) is 33.4 Å². The number of ether oxygens (including phenoxy) is 2. The van der Waals surface area contributed by atoms with E-state index in [1.54, 1.807) is 7.11 Å². The molecule has 3 rings (SSSR count). The Morgan fingerprint density at radius 1 is 1.12 bits per heavy atom. The lowest BCUT2D eigenvalue weighted by Gasteiger charge is -2.26. The van der Waals surface area contributed by atoms with E-state index in [0.717, 1.165) is 34.2 Å². The molecule has 0 atom stereocenters.